The number of amides is 3. The second-order valence-electron chi connectivity index (χ2n) is 8.90. The summed E-state index contributed by atoms with van der Waals surface area (Å²) in [6, 6.07) is 13.3. The van der Waals surface area contributed by atoms with Gasteiger partial charge in [0, 0.05) is 30.9 Å². The lowest BCUT2D eigenvalue weighted by Gasteiger charge is -2.32. The molecular weight excluding hydrogens is 381 g/mol. The molecule has 30 heavy (non-hydrogen) atoms. The molecule has 0 aromatic heterocycles. The summed E-state index contributed by atoms with van der Waals surface area (Å²) in [5, 5.41) is 5.81. The summed E-state index contributed by atoms with van der Waals surface area (Å²) in [4.78, 5) is 26.6. The smallest absolute Gasteiger partial charge is 0.321 e. The van der Waals surface area contributed by atoms with Gasteiger partial charge >= 0.3 is 6.03 Å². The van der Waals surface area contributed by atoms with E-state index < -0.39 is 0 Å². The first-order valence-electron chi connectivity index (χ1n) is 10.4. The van der Waals surface area contributed by atoms with E-state index in [4.69, 9.17) is 0 Å². The molecule has 0 bridgehead atoms. The Bertz CT molecular complexity index is 865. The summed E-state index contributed by atoms with van der Waals surface area (Å²) in [6.07, 6.45) is 1.67. The second kappa shape index (κ2) is 9.28. The van der Waals surface area contributed by atoms with Gasteiger partial charge in [-0.25, -0.2) is 9.18 Å². The number of carbonyl (C=O) groups excluding carboxylic acids is 2. The van der Waals surface area contributed by atoms with E-state index in [9.17, 15) is 14.0 Å². The summed E-state index contributed by atoms with van der Waals surface area (Å²) < 4.78 is 13.0. The molecule has 1 heterocycles. The zero-order chi connectivity index (χ0) is 21.7. The maximum absolute atomic E-state index is 13.0. The van der Waals surface area contributed by atoms with E-state index in [1.807, 2.05) is 24.3 Å². The predicted molar refractivity (Wildman–Crippen MR) is 117 cm³/mol. The van der Waals surface area contributed by atoms with Crippen molar-refractivity contribution in [2.75, 3.05) is 25.0 Å². The molecule has 1 saturated heterocycles. The minimum atomic E-state index is -0.332. The van der Waals surface area contributed by atoms with Crippen LogP contribution >= 0.6 is 0 Å². The summed E-state index contributed by atoms with van der Waals surface area (Å²) >= 11 is 0. The van der Waals surface area contributed by atoms with Gasteiger partial charge in [-0.3, -0.25) is 4.79 Å². The van der Waals surface area contributed by atoms with E-state index in [1.54, 1.807) is 17.0 Å². The van der Waals surface area contributed by atoms with Crippen LogP contribution in [0.4, 0.5) is 14.9 Å². The zero-order valence-corrected chi connectivity index (χ0v) is 17.9. The molecule has 1 fully saturated rings. The monoisotopic (exact) mass is 411 g/mol. The topological polar surface area (TPSA) is 61.4 Å². The van der Waals surface area contributed by atoms with Crippen molar-refractivity contribution >= 4 is 17.6 Å². The first kappa shape index (κ1) is 21.8. The van der Waals surface area contributed by atoms with Gasteiger partial charge in [-0.05, 0) is 66.1 Å². The maximum Gasteiger partial charge on any atom is 0.321 e. The highest BCUT2D eigenvalue weighted by Crippen LogP contribution is 2.22. The molecule has 5 nitrogen and oxygen atoms in total. The molecule has 0 spiro atoms. The van der Waals surface area contributed by atoms with Gasteiger partial charge in [0.1, 0.15) is 5.82 Å². The van der Waals surface area contributed by atoms with Gasteiger partial charge in [0.05, 0.1) is 0 Å². The van der Waals surface area contributed by atoms with Crippen LogP contribution in [0.3, 0.4) is 0 Å². The van der Waals surface area contributed by atoms with Gasteiger partial charge in [-0.1, -0.05) is 32.9 Å². The standard InChI is InChI=1S/C24H30FN3O2/c1-24(2,3)19-6-4-18(5-7-19)22(29)26-16-17-12-14-28(15-13-17)23(30)27-21-10-8-20(25)9-11-21/h4-11,17H,12-16H2,1-3H3,(H,26,29)(H,27,30). The minimum Gasteiger partial charge on any atom is -0.352 e. The van der Waals surface area contributed by atoms with E-state index in [-0.39, 0.29) is 23.2 Å². The minimum absolute atomic E-state index is 0.0615. The maximum atomic E-state index is 13.0. The molecule has 2 aromatic rings. The van der Waals surface area contributed by atoms with Gasteiger partial charge in [0.25, 0.3) is 5.91 Å². The van der Waals surface area contributed by atoms with Crippen LogP contribution < -0.4 is 10.6 Å². The Kier molecular flexibility index (Phi) is 6.75. The molecule has 0 saturated carbocycles. The third-order valence-corrected chi connectivity index (χ3v) is 5.56. The van der Waals surface area contributed by atoms with Crippen molar-refractivity contribution in [1.29, 1.82) is 0 Å². The number of halogens is 1. The Morgan fingerprint density at radius 1 is 1.00 bits per heavy atom. The molecule has 3 rings (SSSR count). The normalized spacial score (nSPS) is 15.0. The summed E-state index contributed by atoms with van der Waals surface area (Å²) in [5.74, 6) is -0.0504. The summed E-state index contributed by atoms with van der Waals surface area (Å²) in [7, 11) is 0. The molecule has 0 unspecified atom stereocenters. The highest BCUT2D eigenvalue weighted by atomic mass is 19.1. The fourth-order valence-corrected chi connectivity index (χ4v) is 3.54. The van der Waals surface area contributed by atoms with Crippen LogP contribution in [0.1, 0.15) is 49.5 Å². The number of piperidine rings is 1. The average Bonchev–Trinajstić information content (AvgIpc) is 2.73. The van der Waals surface area contributed by atoms with Gasteiger partial charge in [-0.2, -0.15) is 0 Å². The molecule has 1 aliphatic rings. The molecule has 160 valence electrons. The van der Waals surface area contributed by atoms with E-state index in [2.05, 4.69) is 31.4 Å². The van der Waals surface area contributed by atoms with Crippen LogP contribution in [0, 0.1) is 11.7 Å². The van der Waals surface area contributed by atoms with Crippen molar-refractivity contribution in [2.45, 2.75) is 39.0 Å². The van der Waals surface area contributed by atoms with Crippen molar-refractivity contribution in [3.05, 3.63) is 65.5 Å². The highest BCUT2D eigenvalue weighted by molar-refractivity contribution is 5.94. The quantitative estimate of drug-likeness (QED) is 0.759. The SMILES string of the molecule is CC(C)(C)c1ccc(C(=O)NCC2CCN(C(=O)Nc3ccc(F)cc3)CC2)cc1. The molecule has 0 radical (unpaired) electrons. The van der Waals surface area contributed by atoms with Crippen molar-refractivity contribution in [2.24, 2.45) is 5.92 Å². The molecule has 6 heteroatoms. The number of hydrogen-bond acceptors (Lipinski definition) is 2. The molecule has 3 amide bonds. The fraction of sp³-hybridized carbons (Fsp3) is 0.417. The summed E-state index contributed by atoms with van der Waals surface area (Å²) in [5.41, 5.74) is 2.50. The van der Waals surface area contributed by atoms with Crippen LogP contribution in [0.15, 0.2) is 48.5 Å². The van der Waals surface area contributed by atoms with Crippen LogP contribution in [-0.4, -0.2) is 36.5 Å². The van der Waals surface area contributed by atoms with Crippen molar-refractivity contribution in [3.63, 3.8) is 0 Å². The number of nitrogens with one attached hydrogen (secondary N) is 2. The lowest BCUT2D eigenvalue weighted by Crippen LogP contribution is -2.43. The third-order valence-electron chi connectivity index (χ3n) is 5.56. The lowest BCUT2D eigenvalue weighted by molar-refractivity contribution is 0.0938. The molecular formula is C24H30FN3O2. The van der Waals surface area contributed by atoms with E-state index in [0.29, 0.717) is 36.8 Å². The Morgan fingerprint density at radius 2 is 1.60 bits per heavy atom. The Morgan fingerprint density at radius 3 is 2.17 bits per heavy atom. The van der Waals surface area contributed by atoms with Gasteiger partial charge < -0.3 is 15.5 Å². The fourth-order valence-electron chi connectivity index (χ4n) is 3.54. The Hall–Kier alpha value is -2.89. The average molecular weight is 412 g/mol. The zero-order valence-electron chi connectivity index (χ0n) is 17.9. The number of likely N-dealkylation sites (tertiary alicyclic amines) is 1. The van der Waals surface area contributed by atoms with Crippen LogP contribution in [-0.2, 0) is 5.41 Å². The number of nitrogens with zero attached hydrogens (tertiary/aromatic N) is 1. The van der Waals surface area contributed by atoms with Crippen molar-refractivity contribution in [1.82, 2.24) is 10.2 Å². The van der Waals surface area contributed by atoms with Crippen LogP contribution in [0.5, 0.6) is 0 Å². The number of benzene rings is 2. The third kappa shape index (κ3) is 5.81. The highest BCUT2D eigenvalue weighted by Gasteiger charge is 2.23. The van der Waals surface area contributed by atoms with Crippen LogP contribution in [0.2, 0.25) is 0 Å². The number of anilines is 1. The number of hydrogen-bond donors (Lipinski definition) is 2. The van der Waals surface area contributed by atoms with Gasteiger partial charge in [-0.15, -0.1) is 0 Å². The van der Waals surface area contributed by atoms with Gasteiger partial charge in [0.15, 0.2) is 0 Å². The molecule has 0 atom stereocenters. The Balaban J connectivity index is 1.42. The van der Waals surface area contributed by atoms with Crippen molar-refractivity contribution in [3.8, 4) is 0 Å². The Labute approximate surface area is 177 Å². The first-order chi connectivity index (χ1) is 14.2. The number of carbonyl (C=O) groups is 2. The lowest BCUT2D eigenvalue weighted by atomic mass is 9.86. The number of urea groups is 1. The predicted octanol–water partition coefficient (Wildman–Crippen LogP) is 4.80. The molecule has 1 aliphatic heterocycles. The molecule has 0 aliphatic carbocycles. The van der Waals surface area contributed by atoms with Crippen molar-refractivity contribution < 1.29 is 14.0 Å². The first-order valence-corrected chi connectivity index (χ1v) is 10.4. The van der Waals surface area contributed by atoms with Gasteiger partial charge in [0.2, 0.25) is 0 Å². The van der Waals surface area contributed by atoms with E-state index in [0.717, 1.165) is 12.8 Å². The second-order valence-corrected chi connectivity index (χ2v) is 8.90. The van der Waals surface area contributed by atoms with Crippen LogP contribution in [0.25, 0.3) is 0 Å². The van der Waals surface area contributed by atoms with E-state index >= 15 is 0 Å². The van der Waals surface area contributed by atoms with E-state index in [1.165, 1.54) is 17.7 Å². The molecule has 2 aromatic carbocycles. The number of rotatable bonds is 4. The molecule has 2 N–H and O–H groups in total. The largest absolute Gasteiger partial charge is 0.352 e. The summed E-state index contributed by atoms with van der Waals surface area (Å²) in [6.45, 7) is 8.31.